The average Bonchev–Trinajstić information content (AvgIpc) is 3.22. The molecule has 4 rings (SSSR count). The Bertz CT molecular complexity index is 1210. The number of rotatable bonds is 6. The van der Waals surface area contributed by atoms with Crippen molar-refractivity contribution in [1.29, 1.82) is 0 Å². The Hall–Kier alpha value is -4.32. The van der Waals surface area contributed by atoms with Gasteiger partial charge in [0, 0.05) is 17.7 Å². The maximum Gasteiger partial charge on any atom is 0.325 e. The summed E-state index contributed by atoms with van der Waals surface area (Å²) in [6.07, 6.45) is -0.822. The van der Waals surface area contributed by atoms with Crippen LogP contribution >= 0.6 is 0 Å². The summed E-state index contributed by atoms with van der Waals surface area (Å²) in [5.41, 5.74) is 2.31. The van der Waals surface area contributed by atoms with Crippen LogP contribution in [0, 0.1) is 22.0 Å². The van der Waals surface area contributed by atoms with E-state index in [1.165, 1.54) is 36.4 Å². The van der Waals surface area contributed by atoms with Gasteiger partial charge in [-0.2, -0.15) is 0 Å². The highest BCUT2D eigenvalue weighted by atomic mass is 16.6. The van der Waals surface area contributed by atoms with Gasteiger partial charge in [-0.3, -0.25) is 34.6 Å². The van der Waals surface area contributed by atoms with Gasteiger partial charge >= 0.3 is 5.97 Å². The minimum atomic E-state index is -2.27. The third kappa shape index (κ3) is 3.19. The van der Waals surface area contributed by atoms with Crippen LogP contribution in [0.3, 0.4) is 0 Å². The molecule has 2 saturated heterocycles. The first-order valence-corrected chi connectivity index (χ1v) is 9.78. The van der Waals surface area contributed by atoms with E-state index >= 15 is 0 Å². The molecule has 0 bridgehead atoms. The zero-order valence-electron chi connectivity index (χ0n) is 16.9. The van der Waals surface area contributed by atoms with Crippen molar-refractivity contribution in [3.8, 4) is 5.75 Å². The van der Waals surface area contributed by atoms with Crippen LogP contribution in [0.4, 0.5) is 11.4 Å². The third-order valence-electron chi connectivity index (χ3n) is 6.08. The standard InChI is InChI=1S/C21H18N4O8/c22-14(27)9-21(20(30)31)16-15(17(23-21)10-5-1-4-8-13(10)26)18(28)24(19(16)29)11-6-2-3-7-12(11)25(32)33/h1-8,15-17,23,26H,9H2,(H2,22,27)(H,30,31)/t15-,16+,17+,21+/m1/s1. The Kier molecular flexibility index (Phi) is 5.09. The molecule has 5 N–H and O–H groups in total. The number of carboxylic acid groups (broad SMARTS) is 1. The summed E-state index contributed by atoms with van der Waals surface area (Å²) < 4.78 is 0. The number of anilines is 1. The zero-order chi connectivity index (χ0) is 24.1. The summed E-state index contributed by atoms with van der Waals surface area (Å²) in [6.45, 7) is 0. The number of aromatic hydroxyl groups is 1. The minimum absolute atomic E-state index is 0.130. The molecule has 170 valence electrons. The molecule has 0 radical (unpaired) electrons. The molecule has 2 heterocycles. The Balaban J connectivity index is 1.93. The molecule has 2 aliphatic heterocycles. The maximum atomic E-state index is 13.5. The van der Waals surface area contributed by atoms with Crippen molar-refractivity contribution < 1.29 is 34.3 Å². The van der Waals surface area contributed by atoms with E-state index in [0.717, 1.165) is 6.07 Å². The molecule has 2 aromatic rings. The molecule has 2 aromatic carbocycles. The molecule has 0 spiro atoms. The molecule has 2 aliphatic rings. The van der Waals surface area contributed by atoms with Gasteiger partial charge in [0.15, 0.2) is 0 Å². The maximum absolute atomic E-state index is 13.5. The number of carbonyl (C=O) groups excluding carboxylic acids is 3. The van der Waals surface area contributed by atoms with E-state index in [1.54, 1.807) is 6.07 Å². The number of amides is 3. The van der Waals surface area contributed by atoms with Crippen LogP contribution in [0.25, 0.3) is 0 Å². The van der Waals surface area contributed by atoms with Crippen molar-refractivity contribution in [3.05, 3.63) is 64.2 Å². The van der Waals surface area contributed by atoms with E-state index in [-0.39, 0.29) is 17.0 Å². The number of nitro groups is 1. The number of benzene rings is 2. The fourth-order valence-electron chi connectivity index (χ4n) is 4.78. The molecule has 2 fully saturated rings. The zero-order valence-corrected chi connectivity index (χ0v) is 16.9. The Morgan fingerprint density at radius 1 is 1.12 bits per heavy atom. The van der Waals surface area contributed by atoms with Gasteiger partial charge in [-0.05, 0) is 12.1 Å². The molecule has 0 aromatic heterocycles. The highest BCUT2D eigenvalue weighted by Gasteiger charge is 2.69. The van der Waals surface area contributed by atoms with E-state index in [4.69, 9.17) is 5.73 Å². The van der Waals surface area contributed by atoms with Gasteiger partial charge in [0.25, 0.3) is 5.69 Å². The largest absolute Gasteiger partial charge is 0.508 e. The second-order valence-corrected chi connectivity index (χ2v) is 7.86. The molecule has 0 aliphatic carbocycles. The van der Waals surface area contributed by atoms with Crippen LogP contribution in [-0.4, -0.2) is 44.4 Å². The lowest BCUT2D eigenvalue weighted by atomic mass is 9.77. The number of para-hydroxylation sites is 3. The molecule has 33 heavy (non-hydrogen) atoms. The topological polar surface area (TPSA) is 193 Å². The molecule has 12 heteroatoms. The molecule has 12 nitrogen and oxygen atoms in total. The summed E-state index contributed by atoms with van der Waals surface area (Å²) in [6, 6.07) is 9.69. The predicted octanol–water partition coefficient (Wildman–Crippen LogP) is 0.449. The van der Waals surface area contributed by atoms with Gasteiger partial charge in [-0.1, -0.05) is 30.3 Å². The summed E-state index contributed by atoms with van der Waals surface area (Å²) in [5.74, 6) is -7.80. The van der Waals surface area contributed by atoms with E-state index < -0.39 is 64.1 Å². The second kappa shape index (κ2) is 7.67. The summed E-state index contributed by atoms with van der Waals surface area (Å²) in [7, 11) is 0. The number of hydrogen-bond donors (Lipinski definition) is 4. The Morgan fingerprint density at radius 2 is 1.76 bits per heavy atom. The minimum Gasteiger partial charge on any atom is -0.508 e. The van der Waals surface area contributed by atoms with Gasteiger partial charge in [0.1, 0.15) is 17.0 Å². The molecular weight excluding hydrogens is 436 g/mol. The van der Waals surface area contributed by atoms with E-state index in [9.17, 15) is 39.5 Å². The van der Waals surface area contributed by atoms with Crippen molar-refractivity contribution in [3.63, 3.8) is 0 Å². The number of primary amides is 1. The van der Waals surface area contributed by atoms with Crippen LogP contribution in [0.2, 0.25) is 0 Å². The number of phenolic OH excluding ortho intramolecular Hbond substituents is 1. The quantitative estimate of drug-likeness (QED) is 0.272. The van der Waals surface area contributed by atoms with E-state index in [0.29, 0.717) is 4.90 Å². The first-order valence-electron chi connectivity index (χ1n) is 9.78. The van der Waals surface area contributed by atoms with E-state index in [2.05, 4.69) is 5.32 Å². The van der Waals surface area contributed by atoms with Crippen molar-refractivity contribution in [1.82, 2.24) is 5.32 Å². The highest BCUT2D eigenvalue weighted by molar-refractivity contribution is 6.25. The first kappa shape index (κ1) is 21.9. The Morgan fingerprint density at radius 3 is 2.36 bits per heavy atom. The number of hydrogen-bond acceptors (Lipinski definition) is 8. The number of carbonyl (C=O) groups is 4. The molecule has 0 saturated carbocycles. The van der Waals surface area contributed by atoms with Crippen LogP contribution in [0.15, 0.2) is 48.5 Å². The summed E-state index contributed by atoms with van der Waals surface area (Å²) in [4.78, 5) is 62.6. The van der Waals surface area contributed by atoms with Gasteiger partial charge in [-0.25, -0.2) is 4.90 Å². The third-order valence-corrected chi connectivity index (χ3v) is 6.08. The van der Waals surface area contributed by atoms with Crippen LogP contribution in [-0.2, 0) is 19.2 Å². The van der Waals surface area contributed by atoms with E-state index in [1.807, 2.05) is 0 Å². The number of nitro benzene ring substituents is 1. The van der Waals surface area contributed by atoms with Gasteiger partial charge in [0.05, 0.1) is 23.2 Å². The molecule has 0 unspecified atom stereocenters. The number of nitrogens with one attached hydrogen (secondary N) is 1. The lowest BCUT2D eigenvalue weighted by Gasteiger charge is -2.30. The van der Waals surface area contributed by atoms with Crippen LogP contribution in [0.5, 0.6) is 5.75 Å². The normalized spacial score (nSPS) is 26.3. The smallest absolute Gasteiger partial charge is 0.325 e. The number of carboxylic acids is 1. The molecule has 3 amide bonds. The lowest BCUT2D eigenvalue weighted by molar-refractivity contribution is -0.384. The van der Waals surface area contributed by atoms with Crippen molar-refractivity contribution in [2.75, 3.05) is 4.90 Å². The SMILES string of the molecule is NC(=O)C[C@]1(C(=O)O)N[C@@H](c2ccccc2O)[C@@H]2C(=O)N(c3ccccc3[N+](=O)[O-])C(=O)[C@H]21. The van der Waals surface area contributed by atoms with Crippen LogP contribution in [0.1, 0.15) is 18.0 Å². The summed E-state index contributed by atoms with van der Waals surface area (Å²) >= 11 is 0. The molecular formula is C21H18N4O8. The number of phenols is 1. The number of nitrogens with two attached hydrogens (primary N) is 1. The van der Waals surface area contributed by atoms with Crippen LogP contribution < -0.4 is 16.0 Å². The highest BCUT2D eigenvalue weighted by Crippen LogP contribution is 2.52. The predicted molar refractivity (Wildman–Crippen MR) is 111 cm³/mol. The number of aliphatic carboxylic acids is 1. The van der Waals surface area contributed by atoms with Gasteiger partial charge < -0.3 is 15.9 Å². The van der Waals surface area contributed by atoms with Crippen molar-refractivity contribution >= 4 is 35.1 Å². The lowest BCUT2D eigenvalue weighted by Crippen LogP contribution is -2.57. The van der Waals surface area contributed by atoms with Gasteiger partial charge in [-0.15, -0.1) is 0 Å². The number of fused-ring (bicyclic) bond motifs is 1. The van der Waals surface area contributed by atoms with Crippen molar-refractivity contribution in [2.24, 2.45) is 17.6 Å². The summed E-state index contributed by atoms with van der Waals surface area (Å²) in [5, 5.41) is 34.6. The number of nitrogens with zero attached hydrogens (tertiary/aromatic N) is 2. The van der Waals surface area contributed by atoms with Crippen molar-refractivity contribution in [2.45, 2.75) is 18.0 Å². The number of imide groups is 1. The fourth-order valence-corrected chi connectivity index (χ4v) is 4.78. The monoisotopic (exact) mass is 454 g/mol. The fraction of sp³-hybridized carbons (Fsp3) is 0.238. The second-order valence-electron chi connectivity index (χ2n) is 7.86. The first-order chi connectivity index (χ1) is 15.6. The average molecular weight is 454 g/mol. The molecule has 4 atom stereocenters. The van der Waals surface area contributed by atoms with Gasteiger partial charge in [0.2, 0.25) is 17.7 Å². The Labute approximate surface area is 185 Å².